The van der Waals surface area contributed by atoms with Crippen LogP contribution in [0.5, 0.6) is 5.75 Å². The summed E-state index contributed by atoms with van der Waals surface area (Å²) in [5.41, 5.74) is 0.941. The summed E-state index contributed by atoms with van der Waals surface area (Å²) in [4.78, 5) is 12.3. The third-order valence-electron chi connectivity index (χ3n) is 5.50. The van der Waals surface area contributed by atoms with Gasteiger partial charge in [-0.05, 0) is 48.0 Å². The molecule has 35 heavy (non-hydrogen) atoms. The molecule has 0 bridgehead atoms. The van der Waals surface area contributed by atoms with Crippen molar-refractivity contribution < 1.29 is 32.5 Å². The lowest BCUT2D eigenvalue weighted by Crippen LogP contribution is -2.38. The van der Waals surface area contributed by atoms with Gasteiger partial charge in [0, 0.05) is 37.5 Å². The summed E-state index contributed by atoms with van der Waals surface area (Å²) in [7, 11) is -0.869. The first-order valence-corrected chi connectivity index (χ1v) is 12.8. The van der Waals surface area contributed by atoms with Gasteiger partial charge in [0.25, 0.3) is 5.91 Å². The van der Waals surface area contributed by atoms with Crippen molar-refractivity contribution >= 4 is 27.5 Å². The maximum atomic E-state index is 13.1. The van der Waals surface area contributed by atoms with E-state index in [0.29, 0.717) is 17.2 Å². The SMILES string of the molecule is CNC(=O)C1=C[C@@H](c2ccc(Cl)cc2)C[C@@H](OCCN(CCO)S(=O)(=O)c2ccc(OC)cc2)O1. The Hall–Kier alpha value is -2.63. The number of rotatable bonds is 11. The number of hydrogen-bond donors (Lipinski definition) is 2. The van der Waals surface area contributed by atoms with Gasteiger partial charge in [-0.3, -0.25) is 4.79 Å². The molecular weight excluding hydrogens is 496 g/mol. The van der Waals surface area contributed by atoms with Crippen LogP contribution in [-0.2, 0) is 24.3 Å². The average Bonchev–Trinajstić information content (AvgIpc) is 2.88. The number of halogens is 1. The van der Waals surface area contributed by atoms with Gasteiger partial charge in [0.15, 0.2) is 5.76 Å². The summed E-state index contributed by atoms with van der Waals surface area (Å²) in [6.07, 6.45) is 1.38. The van der Waals surface area contributed by atoms with Crippen molar-refractivity contribution in [2.45, 2.75) is 23.5 Å². The van der Waals surface area contributed by atoms with Crippen LogP contribution in [0.15, 0.2) is 65.3 Å². The zero-order valence-electron chi connectivity index (χ0n) is 19.5. The molecule has 0 saturated heterocycles. The fraction of sp³-hybridized carbons (Fsp3) is 0.375. The highest BCUT2D eigenvalue weighted by Crippen LogP contribution is 2.32. The molecule has 0 aromatic heterocycles. The molecule has 1 aliphatic heterocycles. The summed E-state index contributed by atoms with van der Waals surface area (Å²) in [5, 5.41) is 12.6. The maximum absolute atomic E-state index is 13.1. The summed E-state index contributed by atoms with van der Waals surface area (Å²) in [6.45, 7) is -0.467. The standard InChI is InChI=1S/C24H29ClN2O7S/c1-26-24(29)22-15-18(17-3-5-19(25)6-4-17)16-23(34-22)33-14-12-27(11-13-28)35(30,31)21-9-7-20(32-2)8-10-21/h3-10,15,18,23,28H,11-14,16H2,1-2H3,(H,26,29)/t18-,23+/m1/s1. The Morgan fingerprint density at radius 1 is 1.17 bits per heavy atom. The Balaban J connectivity index is 1.69. The number of allylic oxidation sites excluding steroid dienone is 1. The van der Waals surface area contributed by atoms with Gasteiger partial charge < -0.3 is 24.6 Å². The van der Waals surface area contributed by atoms with Crippen LogP contribution in [0.2, 0.25) is 5.02 Å². The first-order chi connectivity index (χ1) is 16.8. The molecule has 2 N–H and O–H groups in total. The third kappa shape index (κ3) is 6.96. The Kier molecular flexibility index (Phi) is 9.53. The number of likely N-dealkylation sites (N-methyl/N-ethyl adjacent to an activating group) is 1. The first kappa shape index (κ1) is 27.0. The van der Waals surface area contributed by atoms with Crippen molar-refractivity contribution in [2.75, 3.05) is 40.5 Å². The molecule has 2 aromatic carbocycles. The van der Waals surface area contributed by atoms with Crippen LogP contribution in [0, 0.1) is 0 Å². The third-order valence-corrected chi connectivity index (χ3v) is 7.66. The van der Waals surface area contributed by atoms with E-state index in [-0.39, 0.29) is 48.8 Å². The Morgan fingerprint density at radius 3 is 2.46 bits per heavy atom. The molecule has 0 aliphatic carbocycles. The van der Waals surface area contributed by atoms with Crippen LogP contribution in [-0.4, -0.2) is 70.5 Å². The molecule has 2 atom stereocenters. The fourth-order valence-corrected chi connectivity index (χ4v) is 5.17. The van der Waals surface area contributed by atoms with E-state index in [1.54, 1.807) is 30.3 Å². The quantitative estimate of drug-likeness (QED) is 0.464. The number of ether oxygens (including phenoxy) is 3. The number of carbonyl (C=O) groups is 1. The fourth-order valence-electron chi connectivity index (χ4n) is 3.63. The molecule has 0 spiro atoms. The highest BCUT2D eigenvalue weighted by atomic mass is 35.5. The second kappa shape index (κ2) is 12.4. The van der Waals surface area contributed by atoms with E-state index in [1.165, 1.54) is 26.3 Å². The number of carbonyl (C=O) groups excluding carboxylic acids is 1. The number of nitrogens with one attached hydrogen (secondary N) is 1. The van der Waals surface area contributed by atoms with Crippen LogP contribution >= 0.6 is 11.6 Å². The van der Waals surface area contributed by atoms with Gasteiger partial charge in [-0.2, -0.15) is 4.31 Å². The van der Waals surface area contributed by atoms with Gasteiger partial charge in [0.05, 0.1) is 25.2 Å². The average molecular weight is 525 g/mol. The normalized spacial score (nSPS) is 18.0. The van der Waals surface area contributed by atoms with Crippen molar-refractivity contribution in [3.8, 4) is 5.75 Å². The number of amides is 1. The maximum Gasteiger partial charge on any atom is 0.285 e. The van der Waals surface area contributed by atoms with E-state index in [2.05, 4.69) is 5.32 Å². The van der Waals surface area contributed by atoms with Crippen LogP contribution in [0.1, 0.15) is 17.9 Å². The smallest absolute Gasteiger partial charge is 0.285 e. The minimum absolute atomic E-state index is 0.00554. The number of aliphatic hydroxyl groups excluding tert-OH is 1. The summed E-state index contributed by atoms with van der Waals surface area (Å²) in [6, 6.07) is 13.3. The monoisotopic (exact) mass is 524 g/mol. The molecular formula is C24H29ClN2O7S. The molecule has 3 rings (SSSR count). The largest absolute Gasteiger partial charge is 0.497 e. The van der Waals surface area contributed by atoms with Gasteiger partial charge in [0.2, 0.25) is 16.3 Å². The van der Waals surface area contributed by atoms with Crippen molar-refractivity contribution in [3.63, 3.8) is 0 Å². The lowest BCUT2D eigenvalue weighted by Gasteiger charge is -2.30. The van der Waals surface area contributed by atoms with E-state index in [4.69, 9.17) is 25.8 Å². The summed E-state index contributed by atoms with van der Waals surface area (Å²) < 4.78 is 43.9. The molecule has 0 unspecified atom stereocenters. The van der Waals surface area contributed by atoms with E-state index < -0.39 is 16.3 Å². The van der Waals surface area contributed by atoms with Crippen LogP contribution in [0.25, 0.3) is 0 Å². The number of aliphatic hydroxyl groups is 1. The van der Waals surface area contributed by atoms with Crippen LogP contribution < -0.4 is 10.1 Å². The van der Waals surface area contributed by atoms with E-state index >= 15 is 0 Å². The van der Waals surface area contributed by atoms with Crippen molar-refractivity contribution in [1.29, 1.82) is 0 Å². The van der Waals surface area contributed by atoms with Gasteiger partial charge in [0.1, 0.15) is 5.75 Å². The minimum Gasteiger partial charge on any atom is -0.497 e. The topological polar surface area (TPSA) is 114 Å². The second-order valence-electron chi connectivity index (χ2n) is 7.73. The Bertz CT molecular complexity index is 1120. The van der Waals surface area contributed by atoms with Gasteiger partial charge in [-0.1, -0.05) is 23.7 Å². The minimum atomic E-state index is -3.87. The molecule has 9 nitrogen and oxygen atoms in total. The highest BCUT2D eigenvalue weighted by Gasteiger charge is 2.29. The summed E-state index contributed by atoms with van der Waals surface area (Å²) in [5.74, 6) is 0.114. The zero-order chi connectivity index (χ0) is 25.4. The number of nitrogens with zero attached hydrogens (tertiary/aromatic N) is 1. The number of benzene rings is 2. The second-order valence-corrected chi connectivity index (χ2v) is 10.1. The van der Waals surface area contributed by atoms with Crippen LogP contribution in [0.3, 0.4) is 0 Å². The summed E-state index contributed by atoms with van der Waals surface area (Å²) >= 11 is 5.99. The van der Waals surface area contributed by atoms with Gasteiger partial charge in [-0.15, -0.1) is 0 Å². The lowest BCUT2D eigenvalue weighted by molar-refractivity contribution is -0.146. The number of hydrogen-bond acceptors (Lipinski definition) is 7. The Labute approximate surface area is 210 Å². The van der Waals surface area contributed by atoms with E-state index in [9.17, 15) is 18.3 Å². The molecule has 0 saturated carbocycles. The lowest BCUT2D eigenvalue weighted by atomic mass is 9.93. The van der Waals surface area contributed by atoms with E-state index in [1.807, 2.05) is 12.1 Å². The molecule has 2 aromatic rings. The first-order valence-electron chi connectivity index (χ1n) is 11.0. The van der Waals surface area contributed by atoms with Gasteiger partial charge >= 0.3 is 0 Å². The molecule has 190 valence electrons. The number of sulfonamides is 1. The predicted molar refractivity (Wildman–Crippen MR) is 131 cm³/mol. The molecule has 1 aliphatic rings. The highest BCUT2D eigenvalue weighted by molar-refractivity contribution is 7.89. The molecule has 0 fully saturated rings. The zero-order valence-corrected chi connectivity index (χ0v) is 21.1. The molecule has 1 amide bonds. The van der Waals surface area contributed by atoms with Crippen molar-refractivity contribution in [2.24, 2.45) is 0 Å². The van der Waals surface area contributed by atoms with Gasteiger partial charge in [-0.25, -0.2) is 8.42 Å². The number of methoxy groups -OCH3 is 1. The predicted octanol–water partition coefficient (Wildman–Crippen LogP) is 2.51. The van der Waals surface area contributed by atoms with Crippen LogP contribution in [0.4, 0.5) is 0 Å². The molecule has 0 radical (unpaired) electrons. The molecule has 11 heteroatoms. The van der Waals surface area contributed by atoms with E-state index in [0.717, 1.165) is 9.87 Å². The van der Waals surface area contributed by atoms with Crippen molar-refractivity contribution in [3.05, 3.63) is 71.0 Å². The van der Waals surface area contributed by atoms with Crippen molar-refractivity contribution in [1.82, 2.24) is 9.62 Å². The Morgan fingerprint density at radius 2 is 1.86 bits per heavy atom. The molecule has 1 heterocycles.